The molecule has 0 saturated carbocycles. The molecule has 0 fully saturated rings. The third kappa shape index (κ3) is 1.52. The van der Waals surface area contributed by atoms with E-state index in [9.17, 15) is 4.79 Å². The van der Waals surface area contributed by atoms with Crippen molar-refractivity contribution < 1.29 is 4.79 Å². The second-order valence-corrected chi connectivity index (χ2v) is 5.86. The summed E-state index contributed by atoms with van der Waals surface area (Å²) in [6.45, 7) is 2.21. The van der Waals surface area contributed by atoms with E-state index >= 15 is 0 Å². The molecule has 1 aliphatic carbocycles. The molecular weight excluding hydrogens is 246 g/mol. The number of rotatable bonds is 0. The lowest BCUT2D eigenvalue weighted by Gasteiger charge is -2.47. The van der Waals surface area contributed by atoms with Crippen molar-refractivity contribution in [3.8, 4) is 0 Å². The van der Waals surface area contributed by atoms with E-state index in [2.05, 4.69) is 25.1 Å². The molecule has 3 heteroatoms. The van der Waals surface area contributed by atoms with Gasteiger partial charge in [-0.15, -0.1) is 0 Å². The van der Waals surface area contributed by atoms with Gasteiger partial charge in [0.25, 0.3) is 0 Å². The fraction of sp³-hybridized carbons (Fsp3) is 0.400. The quantitative estimate of drug-likeness (QED) is 0.703. The first-order valence-corrected chi connectivity index (χ1v) is 6.65. The van der Waals surface area contributed by atoms with Crippen molar-refractivity contribution in [1.82, 2.24) is 4.90 Å². The molecule has 0 unspecified atom stereocenters. The Morgan fingerprint density at radius 1 is 1.44 bits per heavy atom. The van der Waals surface area contributed by atoms with Crippen LogP contribution in [0.15, 0.2) is 30.4 Å². The van der Waals surface area contributed by atoms with Crippen molar-refractivity contribution in [3.05, 3.63) is 46.5 Å². The highest BCUT2D eigenvalue weighted by Gasteiger charge is 2.44. The van der Waals surface area contributed by atoms with Crippen molar-refractivity contribution in [2.24, 2.45) is 0 Å². The van der Waals surface area contributed by atoms with Gasteiger partial charge in [-0.1, -0.05) is 23.7 Å². The monoisotopic (exact) mass is 261 g/mol. The van der Waals surface area contributed by atoms with Crippen LogP contribution in [0.4, 0.5) is 0 Å². The van der Waals surface area contributed by atoms with E-state index in [0.29, 0.717) is 0 Å². The number of hydrogen-bond donors (Lipinski definition) is 0. The summed E-state index contributed by atoms with van der Waals surface area (Å²) in [6.07, 6.45) is 5.74. The van der Waals surface area contributed by atoms with Gasteiger partial charge in [-0.2, -0.15) is 0 Å². The van der Waals surface area contributed by atoms with Gasteiger partial charge in [-0.25, -0.2) is 0 Å². The molecule has 3 rings (SSSR count). The minimum Gasteiger partial charge on any atom is -0.338 e. The number of amides is 1. The molecule has 18 heavy (non-hydrogen) atoms. The first kappa shape index (κ1) is 11.8. The normalized spacial score (nSPS) is 30.1. The number of carbonyl (C=O) groups excluding carboxylic acids is 1. The summed E-state index contributed by atoms with van der Waals surface area (Å²) in [6, 6.07) is 6.36. The van der Waals surface area contributed by atoms with Crippen LogP contribution in [-0.2, 0) is 16.6 Å². The maximum Gasteiger partial charge on any atom is 0.246 e. The summed E-state index contributed by atoms with van der Waals surface area (Å²) >= 11 is 6.07. The molecule has 2 aliphatic rings. The van der Waals surface area contributed by atoms with E-state index in [-0.39, 0.29) is 17.4 Å². The Morgan fingerprint density at radius 3 is 3.00 bits per heavy atom. The molecule has 1 aliphatic heterocycles. The van der Waals surface area contributed by atoms with Crippen LogP contribution in [0.3, 0.4) is 0 Å². The van der Waals surface area contributed by atoms with Crippen LogP contribution in [0.25, 0.3) is 0 Å². The molecule has 0 radical (unpaired) electrons. The lowest BCUT2D eigenvalue weighted by Crippen LogP contribution is -2.53. The van der Waals surface area contributed by atoms with Gasteiger partial charge < -0.3 is 4.90 Å². The standard InChI is InChI=1S/C15H16ClNO/c1-15-8-7-14(18)17(2)13(15)6-3-10-9-11(16)4-5-12(10)15/h4-5,7-9,13H,3,6H2,1-2H3/t13-,15-/m0/s1. The zero-order chi connectivity index (χ0) is 12.9. The van der Waals surface area contributed by atoms with E-state index in [0.717, 1.165) is 17.9 Å². The summed E-state index contributed by atoms with van der Waals surface area (Å²) in [4.78, 5) is 13.6. The highest BCUT2D eigenvalue weighted by molar-refractivity contribution is 6.30. The summed E-state index contributed by atoms with van der Waals surface area (Å²) in [7, 11) is 1.90. The van der Waals surface area contributed by atoms with Crippen molar-refractivity contribution in [1.29, 1.82) is 0 Å². The summed E-state index contributed by atoms with van der Waals surface area (Å²) in [5, 5.41) is 0.792. The van der Waals surface area contributed by atoms with Gasteiger partial charge in [0.05, 0.1) is 0 Å². The largest absolute Gasteiger partial charge is 0.338 e. The Hall–Kier alpha value is -1.28. The molecule has 1 aromatic rings. The maximum absolute atomic E-state index is 11.8. The van der Waals surface area contributed by atoms with Gasteiger partial charge in [0.15, 0.2) is 0 Å². The Bertz CT molecular complexity index is 551. The first-order chi connectivity index (χ1) is 8.52. The molecule has 0 N–H and O–H groups in total. The predicted octanol–water partition coefficient (Wildman–Crippen LogP) is 2.94. The third-order valence-corrected chi connectivity index (χ3v) is 4.65. The molecule has 1 heterocycles. The average molecular weight is 262 g/mol. The van der Waals surface area contributed by atoms with Gasteiger partial charge in [-0.3, -0.25) is 4.79 Å². The molecule has 2 nitrogen and oxygen atoms in total. The first-order valence-electron chi connectivity index (χ1n) is 6.27. The van der Waals surface area contributed by atoms with Gasteiger partial charge in [-0.05, 0) is 43.0 Å². The molecule has 94 valence electrons. The summed E-state index contributed by atoms with van der Waals surface area (Å²) in [5.41, 5.74) is 2.54. The SMILES string of the molecule is CN1C(=O)C=C[C@@]2(C)c3ccc(Cl)cc3CC[C@H]12. The molecule has 0 saturated heterocycles. The van der Waals surface area contributed by atoms with Crippen LogP contribution < -0.4 is 0 Å². The van der Waals surface area contributed by atoms with Gasteiger partial charge in [0, 0.05) is 29.6 Å². The Kier molecular flexibility index (Phi) is 2.53. The number of likely N-dealkylation sites (N-methyl/N-ethyl adjacent to an activating group) is 1. The Morgan fingerprint density at radius 2 is 2.22 bits per heavy atom. The molecule has 1 aromatic carbocycles. The van der Waals surface area contributed by atoms with Crippen LogP contribution in [-0.4, -0.2) is 23.9 Å². The van der Waals surface area contributed by atoms with Crippen molar-refractivity contribution in [3.63, 3.8) is 0 Å². The van der Waals surface area contributed by atoms with Crippen molar-refractivity contribution in [2.45, 2.75) is 31.2 Å². The third-order valence-electron chi connectivity index (χ3n) is 4.41. The second kappa shape index (κ2) is 3.86. The fourth-order valence-corrected chi connectivity index (χ4v) is 3.57. The van der Waals surface area contributed by atoms with Crippen LogP contribution in [0, 0.1) is 0 Å². The molecule has 0 bridgehead atoms. The molecular formula is C15H16ClNO. The van der Waals surface area contributed by atoms with Gasteiger partial charge >= 0.3 is 0 Å². The minimum atomic E-state index is -0.0825. The number of fused-ring (bicyclic) bond motifs is 3. The molecule has 1 amide bonds. The average Bonchev–Trinajstić information content (AvgIpc) is 2.34. The highest BCUT2D eigenvalue weighted by atomic mass is 35.5. The van der Waals surface area contributed by atoms with Crippen LogP contribution >= 0.6 is 11.6 Å². The second-order valence-electron chi connectivity index (χ2n) is 5.42. The van der Waals surface area contributed by atoms with Crippen molar-refractivity contribution in [2.75, 3.05) is 7.05 Å². The Balaban J connectivity index is 2.17. The minimum absolute atomic E-state index is 0.0825. The van der Waals surface area contributed by atoms with E-state index in [1.165, 1.54) is 11.1 Å². The predicted molar refractivity (Wildman–Crippen MR) is 72.8 cm³/mol. The summed E-state index contributed by atoms with van der Waals surface area (Å²) < 4.78 is 0. The zero-order valence-electron chi connectivity index (χ0n) is 10.6. The number of halogens is 1. The number of aryl methyl sites for hydroxylation is 1. The number of benzene rings is 1. The van der Waals surface area contributed by atoms with E-state index < -0.39 is 0 Å². The van der Waals surface area contributed by atoms with Crippen molar-refractivity contribution >= 4 is 17.5 Å². The van der Waals surface area contributed by atoms with Gasteiger partial charge in [0.1, 0.15) is 0 Å². The number of hydrogen-bond acceptors (Lipinski definition) is 1. The summed E-state index contributed by atoms with van der Waals surface area (Å²) in [5.74, 6) is 0.106. The molecule has 0 spiro atoms. The lowest BCUT2D eigenvalue weighted by molar-refractivity contribution is -0.129. The van der Waals surface area contributed by atoms with Gasteiger partial charge in [0.2, 0.25) is 5.91 Å². The number of nitrogens with zero attached hydrogens (tertiary/aromatic N) is 1. The molecule has 0 aromatic heterocycles. The maximum atomic E-state index is 11.8. The highest BCUT2D eigenvalue weighted by Crippen LogP contribution is 2.43. The Labute approximate surface area is 112 Å². The topological polar surface area (TPSA) is 20.3 Å². The van der Waals surface area contributed by atoms with E-state index in [1.54, 1.807) is 6.08 Å². The lowest BCUT2D eigenvalue weighted by atomic mass is 9.66. The smallest absolute Gasteiger partial charge is 0.246 e. The van der Waals surface area contributed by atoms with E-state index in [1.807, 2.05) is 18.0 Å². The van der Waals surface area contributed by atoms with Crippen LogP contribution in [0.2, 0.25) is 5.02 Å². The zero-order valence-corrected chi connectivity index (χ0v) is 11.4. The van der Waals surface area contributed by atoms with Crippen LogP contribution in [0.5, 0.6) is 0 Å². The van der Waals surface area contributed by atoms with E-state index in [4.69, 9.17) is 11.6 Å². The number of carbonyl (C=O) groups is 1. The molecule has 2 atom stereocenters. The fourth-order valence-electron chi connectivity index (χ4n) is 3.38. The van der Waals surface area contributed by atoms with Crippen LogP contribution in [0.1, 0.15) is 24.5 Å².